The van der Waals surface area contributed by atoms with Crippen LogP contribution < -0.4 is 0 Å². The molecule has 0 aliphatic heterocycles. The minimum absolute atomic E-state index is 0.520. The lowest BCUT2D eigenvalue weighted by atomic mass is 10.1. The molecular formula is C10H10BrClO. The topological polar surface area (TPSA) is 17.1 Å². The number of aldehydes is 1. The molecule has 0 bridgehead atoms. The summed E-state index contributed by atoms with van der Waals surface area (Å²) in [4.78, 5) is 10.2. The van der Waals surface area contributed by atoms with Gasteiger partial charge in [-0.25, -0.2) is 0 Å². The van der Waals surface area contributed by atoms with E-state index < -0.39 is 0 Å². The monoisotopic (exact) mass is 260 g/mol. The summed E-state index contributed by atoms with van der Waals surface area (Å²) in [5, 5.41) is 0. The van der Waals surface area contributed by atoms with Crippen LogP contribution >= 0.6 is 27.5 Å². The molecule has 0 aliphatic rings. The molecule has 0 atom stereocenters. The summed E-state index contributed by atoms with van der Waals surface area (Å²) in [6, 6.07) is 5.98. The van der Waals surface area contributed by atoms with Gasteiger partial charge in [-0.05, 0) is 23.6 Å². The normalized spacial score (nSPS) is 10.0. The second kappa shape index (κ2) is 5.40. The van der Waals surface area contributed by atoms with Crippen LogP contribution in [0.2, 0.25) is 0 Å². The fraction of sp³-hybridized carbons (Fsp3) is 0.300. The van der Waals surface area contributed by atoms with Crippen molar-refractivity contribution in [2.75, 3.05) is 0 Å². The molecule has 1 rings (SSSR count). The van der Waals surface area contributed by atoms with Crippen molar-refractivity contribution in [3.8, 4) is 0 Å². The Balaban J connectivity index is 2.78. The maximum absolute atomic E-state index is 10.2. The molecule has 70 valence electrons. The van der Waals surface area contributed by atoms with E-state index in [4.69, 9.17) is 11.6 Å². The highest BCUT2D eigenvalue weighted by atomic mass is 79.9. The van der Waals surface area contributed by atoms with Gasteiger partial charge in [-0.2, -0.15) is 0 Å². The Kier molecular flexibility index (Phi) is 4.46. The number of hydrogen-bond donors (Lipinski definition) is 0. The smallest absolute Gasteiger partial charge is 0.120 e. The summed E-state index contributed by atoms with van der Waals surface area (Å²) in [7, 11) is 0. The van der Waals surface area contributed by atoms with Crippen molar-refractivity contribution < 1.29 is 4.79 Å². The highest BCUT2D eigenvalue weighted by molar-refractivity contribution is 9.10. The van der Waals surface area contributed by atoms with Crippen LogP contribution in [0, 0.1) is 0 Å². The van der Waals surface area contributed by atoms with E-state index in [1.54, 1.807) is 0 Å². The maximum atomic E-state index is 10.2. The van der Waals surface area contributed by atoms with Crippen molar-refractivity contribution in [1.29, 1.82) is 0 Å². The van der Waals surface area contributed by atoms with Crippen LogP contribution in [0.5, 0.6) is 0 Å². The van der Waals surface area contributed by atoms with Crippen molar-refractivity contribution in [3.05, 3.63) is 33.8 Å². The zero-order valence-electron chi connectivity index (χ0n) is 7.09. The molecule has 0 N–H and O–H groups in total. The first-order valence-electron chi connectivity index (χ1n) is 4.05. The minimum atomic E-state index is 0.520. The van der Waals surface area contributed by atoms with Crippen molar-refractivity contribution in [3.63, 3.8) is 0 Å². The van der Waals surface area contributed by atoms with E-state index in [9.17, 15) is 4.79 Å². The van der Waals surface area contributed by atoms with Gasteiger partial charge in [-0.3, -0.25) is 0 Å². The van der Waals surface area contributed by atoms with Crippen LogP contribution in [0.3, 0.4) is 0 Å². The van der Waals surface area contributed by atoms with E-state index in [1.165, 1.54) is 0 Å². The number of aryl methyl sites for hydroxylation is 1. The molecule has 0 amide bonds. The lowest BCUT2D eigenvalue weighted by Gasteiger charge is -2.03. The first-order valence-corrected chi connectivity index (χ1v) is 5.37. The van der Waals surface area contributed by atoms with E-state index in [0.717, 1.165) is 28.3 Å². The predicted octanol–water partition coefficient (Wildman–Crippen LogP) is 3.32. The molecular weight excluding hydrogens is 251 g/mol. The largest absolute Gasteiger partial charge is 0.303 e. The Hall–Kier alpha value is -0.340. The van der Waals surface area contributed by atoms with E-state index in [1.807, 2.05) is 18.2 Å². The van der Waals surface area contributed by atoms with E-state index in [0.29, 0.717) is 12.3 Å². The van der Waals surface area contributed by atoms with Crippen molar-refractivity contribution in [1.82, 2.24) is 0 Å². The maximum Gasteiger partial charge on any atom is 0.120 e. The average Bonchev–Trinajstić information content (AvgIpc) is 2.16. The van der Waals surface area contributed by atoms with Crippen LogP contribution in [0.25, 0.3) is 0 Å². The van der Waals surface area contributed by atoms with Crippen LogP contribution in [0.1, 0.15) is 17.5 Å². The number of rotatable bonds is 4. The number of carbonyl (C=O) groups is 1. The zero-order valence-corrected chi connectivity index (χ0v) is 9.44. The third-order valence-electron chi connectivity index (χ3n) is 1.80. The van der Waals surface area contributed by atoms with Gasteiger partial charge in [0.2, 0.25) is 0 Å². The van der Waals surface area contributed by atoms with Gasteiger partial charge in [-0.15, -0.1) is 11.6 Å². The van der Waals surface area contributed by atoms with Gasteiger partial charge in [0, 0.05) is 16.8 Å². The van der Waals surface area contributed by atoms with Gasteiger partial charge < -0.3 is 4.79 Å². The van der Waals surface area contributed by atoms with Crippen LogP contribution in [0.15, 0.2) is 22.7 Å². The molecule has 0 spiro atoms. The number of carbonyl (C=O) groups excluding carboxylic acids is 1. The molecule has 1 aromatic carbocycles. The lowest BCUT2D eigenvalue weighted by molar-refractivity contribution is -0.107. The summed E-state index contributed by atoms with van der Waals surface area (Å²) < 4.78 is 1.03. The molecule has 0 heterocycles. The number of halogens is 2. The van der Waals surface area contributed by atoms with Crippen molar-refractivity contribution in [2.24, 2.45) is 0 Å². The van der Waals surface area contributed by atoms with Gasteiger partial charge >= 0.3 is 0 Å². The van der Waals surface area contributed by atoms with Crippen molar-refractivity contribution in [2.45, 2.75) is 18.7 Å². The highest BCUT2D eigenvalue weighted by Crippen LogP contribution is 2.20. The Bertz CT molecular complexity index is 299. The summed E-state index contributed by atoms with van der Waals surface area (Å²) >= 11 is 9.12. The summed E-state index contributed by atoms with van der Waals surface area (Å²) in [5.41, 5.74) is 2.24. The summed E-state index contributed by atoms with van der Waals surface area (Å²) in [6.07, 6.45) is 2.29. The van der Waals surface area contributed by atoms with E-state index in [-0.39, 0.29) is 0 Å². The van der Waals surface area contributed by atoms with Crippen LogP contribution in [-0.2, 0) is 17.1 Å². The number of alkyl halides is 1. The molecule has 3 heteroatoms. The van der Waals surface area contributed by atoms with Gasteiger partial charge in [-0.1, -0.05) is 28.1 Å². The van der Waals surface area contributed by atoms with Gasteiger partial charge in [0.25, 0.3) is 0 Å². The fourth-order valence-corrected chi connectivity index (χ4v) is 1.88. The SMILES string of the molecule is O=CCCc1ccc(CCl)cc1Br. The van der Waals surface area contributed by atoms with Crippen LogP contribution in [0.4, 0.5) is 0 Å². The van der Waals surface area contributed by atoms with Crippen LogP contribution in [-0.4, -0.2) is 6.29 Å². The predicted molar refractivity (Wildman–Crippen MR) is 58.1 cm³/mol. The second-order valence-corrected chi connectivity index (χ2v) is 3.89. The molecule has 0 fully saturated rings. The molecule has 0 aliphatic carbocycles. The number of hydrogen-bond acceptors (Lipinski definition) is 1. The molecule has 0 aromatic heterocycles. The van der Waals surface area contributed by atoms with Gasteiger partial charge in [0.1, 0.15) is 6.29 Å². The zero-order chi connectivity index (χ0) is 9.68. The first-order chi connectivity index (χ1) is 6.27. The molecule has 13 heavy (non-hydrogen) atoms. The van der Waals surface area contributed by atoms with E-state index in [2.05, 4.69) is 15.9 Å². The molecule has 1 nitrogen and oxygen atoms in total. The summed E-state index contributed by atoms with van der Waals surface area (Å²) in [6.45, 7) is 0. The second-order valence-electron chi connectivity index (χ2n) is 2.76. The third-order valence-corrected chi connectivity index (χ3v) is 2.85. The Morgan fingerprint density at radius 1 is 1.46 bits per heavy atom. The molecule has 0 unspecified atom stereocenters. The Morgan fingerprint density at radius 3 is 2.77 bits per heavy atom. The molecule has 0 saturated carbocycles. The van der Waals surface area contributed by atoms with Gasteiger partial charge in [0.15, 0.2) is 0 Å². The van der Waals surface area contributed by atoms with Crippen molar-refractivity contribution >= 4 is 33.8 Å². The Morgan fingerprint density at radius 2 is 2.23 bits per heavy atom. The summed E-state index contributed by atoms with van der Waals surface area (Å²) in [5.74, 6) is 0.520. The lowest BCUT2D eigenvalue weighted by Crippen LogP contribution is -1.89. The Labute approximate surface area is 91.2 Å². The minimum Gasteiger partial charge on any atom is -0.303 e. The third kappa shape index (κ3) is 3.12. The number of benzene rings is 1. The molecule has 0 radical (unpaired) electrons. The van der Waals surface area contributed by atoms with Gasteiger partial charge in [0.05, 0.1) is 0 Å². The molecule has 1 aromatic rings. The molecule has 0 saturated heterocycles. The fourth-order valence-electron chi connectivity index (χ4n) is 1.09. The standard InChI is InChI=1S/C10H10BrClO/c11-10-6-8(7-12)3-4-9(10)2-1-5-13/h3-6H,1-2,7H2. The first kappa shape index (κ1) is 10.7. The highest BCUT2D eigenvalue weighted by Gasteiger charge is 2.00. The van der Waals surface area contributed by atoms with E-state index >= 15 is 0 Å². The quantitative estimate of drug-likeness (QED) is 0.600. The average molecular weight is 262 g/mol.